The molecule has 2 atom stereocenters. The summed E-state index contributed by atoms with van der Waals surface area (Å²) in [6.45, 7) is 5.20. The van der Waals surface area contributed by atoms with Crippen molar-refractivity contribution in [2.24, 2.45) is 0 Å². The molecule has 0 N–H and O–H groups in total. The van der Waals surface area contributed by atoms with E-state index in [-0.39, 0.29) is 18.1 Å². The maximum absolute atomic E-state index is 12.5. The van der Waals surface area contributed by atoms with Crippen molar-refractivity contribution in [1.29, 1.82) is 0 Å². The smallest absolute Gasteiger partial charge is 0.307 e. The Bertz CT molecular complexity index is 865. The lowest BCUT2D eigenvalue weighted by Crippen LogP contribution is -2.33. The van der Waals surface area contributed by atoms with Crippen LogP contribution in [-0.4, -0.2) is 17.5 Å². The molecule has 0 aliphatic rings. The average molecular weight is 388 g/mol. The number of esters is 1. The third kappa shape index (κ3) is 5.78. The van der Waals surface area contributed by atoms with Crippen LogP contribution < -0.4 is 0 Å². The molecule has 0 spiro atoms. The Balaban J connectivity index is 2.00. The molecule has 0 saturated heterocycles. The van der Waals surface area contributed by atoms with E-state index in [9.17, 15) is 4.79 Å². The van der Waals surface area contributed by atoms with Crippen molar-refractivity contribution < 1.29 is 9.53 Å². The number of benzene rings is 3. The number of hydrogen-bond acceptors (Lipinski definition) is 3. The molecule has 0 aliphatic heterocycles. The summed E-state index contributed by atoms with van der Waals surface area (Å²) in [5.41, 5.74) is 3.58. The monoisotopic (exact) mass is 387 g/mol. The summed E-state index contributed by atoms with van der Waals surface area (Å²) in [7, 11) is 0. The minimum absolute atomic E-state index is 0.0781. The zero-order valence-corrected chi connectivity index (χ0v) is 17.2. The van der Waals surface area contributed by atoms with Crippen molar-refractivity contribution in [2.45, 2.75) is 38.9 Å². The van der Waals surface area contributed by atoms with Gasteiger partial charge in [-0.25, -0.2) is 0 Å². The highest BCUT2D eigenvalue weighted by molar-refractivity contribution is 5.70. The number of carbonyl (C=O) groups excluding carboxylic acids is 1. The molecule has 0 unspecified atom stereocenters. The van der Waals surface area contributed by atoms with Gasteiger partial charge in [0.2, 0.25) is 0 Å². The fourth-order valence-corrected chi connectivity index (χ4v) is 3.71. The SMILES string of the molecule is CCOC(=O)C[C@@H](c1ccccc1)N(Cc1ccccc1)[C@H](C)c1ccccc1. The molecular weight excluding hydrogens is 358 g/mol. The molecule has 29 heavy (non-hydrogen) atoms. The van der Waals surface area contributed by atoms with Gasteiger partial charge in [0.1, 0.15) is 0 Å². The van der Waals surface area contributed by atoms with E-state index in [4.69, 9.17) is 4.74 Å². The maximum Gasteiger partial charge on any atom is 0.307 e. The van der Waals surface area contributed by atoms with Crippen LogP contribution in [0.1, 0.15) is 49.0 Å². The summed E-state index contributed by atoms with van der Waals surface area (Å²) in [5.74, 6) is -0.167. The van der Waals surface area contributed by atoms with Gasteiger partial charge in [0.05, 0.1) is 13.0 Å². The first-order valence-corrected chi connectivity index (χ1v) is 10.2. The molecule has 3 rings (SSSR count). The van der Waals surface area contributed by atoms with Crippen LogP contribution in [0.3, 0.4) is 0 Å². The van der Waals surface area contributed by atoms with E-state index >= 15 is 0 Å². The predicted molar refractivity (Wildman–Crippen MR) is 117 cm³/mol. The number of rotatable bonds is 9. The van der Waals surface area contributed by atoms with Crippen molar-refractivity contribution in [3.8, 4) is 0 Å². The van der Waals surface area contributed by atoms with Gasteiger partial charge in [-0.2, -0.15) is 0 Å². The fourth-order valence-electron chi connectivity index (χ4n) is 3.71. The van der Waals surface area contributed by atoms with Crippen molar-refractivity contribution in [3.63, 3.8) is 0 Å². The van der Waals surface area contributed by atoms with Crippen LogP contribution in [0.4, 0.5) is 0 Å². The second-order valence-corrected chi connectivity index (χ2v) is 7.18. The zero-order chi connectivity index (χ0) is 20.5. The van der Waals surface area contributed by atoms with Crippen molar-refractivity contribution in [3.05, 3.63) is 108 Å². The summed E-state index contributed by atoms with van der Waals surface area (Å²) in [6, 6.07) is 31.2. The van der Waals surface area contributed by atoms with Gasteiger partial charge in [-0.15, -0.1) is 0 Å². The maximum atomic E-state index is 12.5. The Morgan fingerprint density at radius 3 is 1.90 bits per heavy atom. The van der Waals surface area contributed by atoms with Gasteiger partial charge < -0.3 is 4.74 Å². The summed E-state index contributed by atoms with van der Waals surface area (Å²) >= 11 is 0. The second-order valence-electron chi connectivity index (χ2n) is 7.18. The lowest BCUT2D eigenvalue weighted by molar-refractivity contribution is -0.145. The molecule has 0 fully saturated rings. The highest BCUT2D eigenvalue weighted by atomic mass is 16.5. The molecule has 3 heteroatoms. The molecule has 0 radical (unpaired) electrons. The van der Waals surface area contributed by atoms with Gasteiger partial charge in [0.25, 0.3) is 0 Å². The van der Waals surface area contributed by atoms with Crippen LogP contribution in [0.2, 0.25) is 0 Å². The van der Waals surface area contributed by atoms with Crippen LogP contribution in [0.5, 0.6) is 0 Å². The summed E-state index contributed by atoms with van der Waals surface area (Å²) < 4.78 is 5.31. The van der Waals surface area contributed by atoms with Gasteiger partial charge in [0.15, 0.2) is 0 Å². The summed E-state index contributed by atoms with van der Waals surface area (Å²) in [6.07, 6.45) is 0.321. The largest absolute Gasteiger partial charge is 0.466 e. The third-order valence-corrected chi connectivity index (χ3v) is 5.24. The lowest BCUT2D eigenvalue weighted by atomic mass is 9.96. The second kappa shape index (κ2) is 10.6. The molecule has 0 amide bonds. The van der Waals surface area contributed by atoms with Crippen LogP contribution in [0.25, 0.3) is 0 Å². The first-order valence-electron chi connectivity index (χ1n) is 10.2. The van der Waals surface area contributed by atoms with Gasteiger partial charge in [-0.1, -0.05) is 91.0 Å². The molecule has 3 aromatic rings. The van der Waals surface area contributed by atoms with Gasteiger partial charge >= 0.3 is 5.97 Å². The Hall–Kier alpha value is -2.91. The van der Waals surface area contributed by atoms with E-state index < -0.39 is 0 Å². The minimum Gasteiger partial charge on any atom is -0.466 e. The Morgan fingerprint density at radius 2 is 1.34 bits per heavy atom. The van der Waals surface area contributed by atoms with Gasteiger partial charge in [0, 0.05) is 18.6 Å². The Kier molecular flexibility index (Phi) is 7.60. The third-order valence-electron chi connectivity index (χ3n) is 5.24. The Labute approximate surface area is 174 Å². The van der Waals surface area contributed by atoms with Crippen LogP contribution in [0, 0.1) is 0 Å². The fraction of sp³-hybridized carbons (Fsp3) is 0.269. The van der Waals surface area contributed by atoms with Crippen molar-refractivity contribution in [1.82, 2.24) is 4.90 Å². The van der Waals surface area contributed by atoms with E-state index in [1.807, 2.05) is 37.3 Å². The Morgan fingerprint density at radius 1 is 0.828 bits per heavy atom. The average Bonchev–Trinajstić information content (AvgIpc) is 2.78. The van der Waals surface area contributed by atoms with Crippen LogP contribution >= 0.6 is 0 Å². The standard InChI is InChI=1S/C26H29NO2/c1-3-29-26(28)19-25(24-17-11-6-12-18-24)27(20-22-13-7-4-8-14-22)21(2)23-15-9-5-10-16-23/h4-18,21,25H,3,19-20H2,1-2H3/t21-,25+/m1/s1. The molecule has 0 saturated carbocycles. The number of hydrogen-bond donors (Lipinski definition) is 0. The molecule has 0 bridgehead atoms. The molecule has 0 aliphatic carbocycles. The van der Waals surface area contributed by atoms with E-state index in [0.717, 1.165) is 12.1 Å². The normalized spacial score (nSPS) is 13.1. The molecule has 0 aromatic heterocycles. The molecule has 0 heterocycles. The number of nitrogens with zero attached hydrogens (tertiary/aromatic N) is 1. The number of carbonyl (C=O) groups is 1. The molecular formula is C26H29NO2. The lowest BCUT2D eigenvalue weighted by Gasteiger charge is -2.37. The first kappa shape index (κ1) is 20.8. The number of ether oxygens (including phenoxy) is 1. The zero-order valence-electron chi connectivity index (χ0n) is 17.2. The van der Waals surface area contributed by atoms with Gasteiger partial charge in [-0.05, 0) is 30.5 Å². The van der Waals surface area contributed by atoms with E-state index in [2.05, 4.69) is 72.5 Å². The molecule has 3 aromatic carbocycles. The van der Waals surface area contributed by atoms with Crippen LogP contribution in [0.15, 0.2) is 91.0 Å². The van der Waals surface area contributed by atoms with Crippen molar-refractivity contribution in [2.75, 3.05) is 6.61 Å². The highest BCUT2D eigenvalue weighted by Gasteiger charge is 2.28. The summed E-state index contributed by atoms with van der Waals surface area (Å²) in [5, 5.41) is 0. The van der Waals surface area contributed by atoms with E-state index in [0.29, 0.717) is 13.0 Å². The van der Waals surface area contributed by atoms with Crippen molar-refractivity contribution >= 4 is 5.97 Å². The topological polar surface area (TPSA) is 29.5 Å². The first-order chi connectivity index (χ1) is 14.2. The quantitative estimate of drug-likeness (QED) is 0.425. The van der Waals surface area contributed by atoms with Crippen LogP contribution in [-0.2, 0) is 16.1 Å². The predicted octanol–water partition coefficient (Wildman–Crippen LogP) is 5.94. The van der Waals surface area contributed by atoms with Gasteiger partial charge in [-0.3, -0.25) is 9.69 Å². The molecule has 150 valence electrons. The van der Waals surface area contributed by atoms with E-state index in [1.54, 1.807) is 0 Å². The minimum atomic E-state index is -0.167. The summed E-state index contributed by atoms with van der Waals surface area (Å²) in [4.78, 5) is 14.9. The van der Waals surface area contributed by atoms with E-state index in [1.165, 1.54) is 11.1 Å². The highest BCUT2D eigenvalue weighted by Crippen LogP contribution is 2.34. The molecule has 3 nitrogen and oxygen atoms in total.